The smallest absolute Gasteiger partial charge is 0.287 e. The standard InChI is InChI=1S/C13H21ClN4O2/c1-5-6-18-11(19)10(14)9(7-17-18)16-8-13(2,3)12(20)15-4/h7,16H,5-6,8H2,1-4H3,(H,15,20). The number of nitrogens with zero attached hydrogens (tertiary/aromatic N) is 2. The van der Waals surface area contributed by atoms with Crippen molar-refractivity contribution in [2.45, 2.75) is 33.7 Å². The molecule has 0 radical (unpaired) electrons. The van der Waals surface area contributed by atoms with Crippen molar-refractivity contribution >= 4 is 23.2 Å². The summed E-state index contributed by atoms with van der Waals surface area (Å²) >= 11 is 6.04. The van der Waals surface area contributed by atoms with Gasteiger partial charge in [-0.25, -0.2) is 4.68 Å². The predicted molar refractivity (Wildman–Crippen MR) is 80.1 cm³/mol. The fourth-order valence-electron chi connectivity index (χ4n) is 1.69. The summed E-state index contributed by atoms with van der Waals surface area (Å²) in [4.78, 5) is 23.6. The SMILES string of the molecule is CCCn1ncc(NCC(C)(C)C(=O)NC)c(Cl)c1=O. The van der Waals surface area contributed by atoms with Crippen molar-refractivity contribution < 1.29 is 4.79 Å². The van der Waals surface area contributed by atoms with E-state index in [0.717, 1.165) is 6.42 Å². The van der Waals surface area contributed by atoms with Crippen molar-refractivity contribution in [2.24, 2.45) is 5.41 Å². The van der Waals surface area contributed by atoms with Crippen LogP contribution in [0.15, 0.2) is 11.0 Å². The molecule has 0 unspecified atom stereocenters. The highest BCUT2D eigenvalue weighted by atomic mass is 35.5. The van der Waals surface area contributed by atoms with Gasteiger partial charge in [0.15, 0.2) is 0 Å². The molecular formula is C13H21ClN4O2. The summed E-state index contributed by atoms with van der Waals surface area (Å²) in [5.41, 5.74) is -0.492. The number of carbonyl (C=O) groups is 1. The van der Waals surface area contributed by atoms with Crippen molar-refractivity contribution in [3.8, 4) is 0 Å². The van der Waals surface area contributed by atoms with E-state index in [1.165, 1.54) is 10.9 Å². The maximum absolute atomic E-state index is 11.9. The van der Waals surface area contributed by atoms with E-state index in [4.69, 9.17) is 11.6 Å². The number of carbonyl (C=O) groups excluding carboxylic acids is 1. The summed E-state index contributed by atoms with van der Waals surface area (Å²) < 4.78 is 1.33. The monoisotopic (exact) mass is 300 g/mol. The highest BCUT2D eigenvalue weighted by molar-refractivity contribution is 6.32. The number of rotatable bonds is 6. The van der Waals surface area contributed by atoms with E-state index in [0.29, 0.717) is 18.8 Å². The second-order valence-electron chi connectivity index (χ2n) is 5.22. The van der Waals surface area contributed by atoms with Crippen LogP contribution in [-0.4, -0.2) is 29.3 Å². The van der Waals surface area contributed by atoms with Crippen molar-refractivity contribution in [2.75, 3.05) is 18.9 Å². The van der Waals surface area contributed by atoms with Crippen molar-refractivity contribution in [1.82, 2.24) is 15.1 Å². The highest BCUT2D eigenvalue weighted by Gasteiger charge is 2.26. The summed E-state index contributed by atoms with van der Waals surface area (Å²) in [5.74, 6) is -0.0894. The van der Waals surface area contributed by atoms with Crippen LogP contribution in [0.1, 0.15) is 27.2 Å². The van der Waals surface area contributed by atoms with Gasteiger partial charge >= 0.3 is 0 Å². The number of hydrogen-bond donors (Lipinski definition) is 2. The van der Waals surface area contributed by atoms with Gasteiger partial charge in [-0.3, -0.25) is 9.59 Å². The zero-order valence-electron chi connectivity index (χ0n) is 12.3. The van der Waals surface area contributed by atoms with E-state index in [2.05, 4.69) is 15.7 Å². The van der Waals surface area contributed by atoms with Crippen LogP contribution in [0.3, 0.4) is 0 Å². The van der Waals surface area contributed by atoms with E-state index >= 15 is 0 Å². The van der Waals surface area contributed by atoms with Crippen LogP contribution in [0.25, 0.3) is 0 Å². The minimum absolute atomic E-state index is 0.0894. The molecule has 0 aliphatic carbocycles. The van der Waals surface area contributed by atoms with Crippen LogP contribution in [0.4, 0.5) is 5.69 Å². The molecule has 20 heavy (non-hydrogen) atoms. The van der Waals surface area contributed by atoms with Crippen molar-refractivity contribution in [3.63, 3.8) is 0 Å². The third kappa shape index (κ3) is 3.72. The lowest BCUT2D eigenvalue weighted by Gasteiger charge is -2.23. The molecule has 0 spiro atoms. The van der Waals surface area contributed by atoms with Gasteiger partial charge in [-0.2, -0.15) is 5.10 Å². The molecule has 1 rings (SSSR count). The fourth-order valence-corrected chi connectivity index (χ4v) is 1.91. The number of hydrogen-bond acceptors (Lipinski definition) is 4. The van der Waals surface area contributed by atoms with Gasteiger partial charge < -0.3 is 10.6 Å². The lowest BCUT2D eigenvalue weighted by molar-refractivity contribution is -0.128. The predicted octanol–water partition coefficient (Wildman–Crippen LogP) is 1.49. The molecule has 1 aromatic heterocycles. The molecule has 0 aromatic carbocycles. The van der Waals surface area contributed by atoms with E-state index in [1.54, 1.807) is 20.9 Å². The Labute approximate surface area is 123 Å². The number of amides is 1. The highest BCUT2D eigenvalue weighted by Crippen LogP contribution is 2.20. The Kier molecular flexibility index (Phi) is 5.56. The Morgan fingerprint density at radius 3 is 2.70 bits per heavy atom. The first-order valence-electron chi connectivity index (χ1n) is 6.55. The summed E-state index contributed by atoms with van der Waals surface area (Å²) in [6.07, 6.45) is 2.32. The minimum Gasteiger partial charge on any atom is -0.381 e. The van der Waals surface area contributed by atoms with Gasteiger partial charge in [-0.1, -0.05) is 18.5 Å². The molecule has 7 heteroatoms. The van der Waals surface area contributed by atoms with Crippen LogP contribution >= 0.6 is 11.6 Å². The molecule has 0 aliphatic rings. The zero-order valence-corrected chi connectivity index (χ0v) is 13.0. The topological polar surface area (TPSA) is 76.0 Å². The van der Waals surface area contributed by atoms with Crippen LogP contribution in [0, 0.1) is 5.41 Å². The molecule has 1 aromatic rings. The summed E-state index contributed by atoms with van der Waals surface area (Å²) in [7, 11) is 1.59. The van der Waals surface area contributed by atoms with Crippen LogP contribution in [0.5, 0.6) is 0 Å². The Morgan fingerprint density at radius 2 is 2.15 bits per heavy atom. The van der Waals surface area contributed by atoms with Crippen molar-refractivity contribution in [1.29, 1.82) is 0 Å². The second kappa shape index (κ2) is 6.74. The summed E-state index contributed by atoms with van der Waals surface area (Å²) in [6, 6.07) is 0. The van der Waals surface area contributed by atoms with Crippen LogP contribution in [-0.2, 0) is 11.3 Å². The molecule has 0 saturated carbocycles. The zero-order chi connectivity index (χ0) is 15.3. The number of aryl methyl sites for hydroxylation is 1. The molecule has 0 saturated heterocycles. The van der Waals surface area contributed by atoms with Crippen LogP contribution in [0.2, 0.25) is 5.02 Å². The molecule has 0 bridgehead atoms. The van der Waals surface area contributed by atoms with Crippen LogP contribution < -0.4 is 16.2 Å². The molecule has 0 fully saturated rings. The van der Waals surface area contributed by atoms with Gasteiger partial charge in [-0.15, -0.1) is 0 Å². The molecule has 0 aliphatic heterocycles. The lowest BCUT2D eigenvalue weighted by atomic mass is 9.92. The molecule has 6 nitrogen and oxygen atoms in total. The van der Waals surface area contributed by atoms with E-state index in [9.17, 15) is 9.59 Å². The van der Waals surface area contributed by atoms with Gasteiger partial charge in [-0.05, 0) is 20.3 Å². The second-order valence-corrected chi connectivity index (χ2v) is 5.60. The maximum atomic E-state index is 11.9. The Bertz CT molecular complexity index is 540. The average molecular weight is 301 g/mol. The Hall–Kier alpha value is -1.56. The third-order valence-corrected chi connectivity index (χ3v) is 3.35. The average Bonchev–Trinajstić information content (AvgIpc) is 2.42. The van der Waals surface area contributed by atoms with Gasteiger partial charge in [0, 0.05) is 20.1 Å². The summed E-state index contributed by atoms with van der Waals surface area (Å²) in [5, 5.41) is 9.76. The molecule has 1 amide bonds. The van der Waals surface area contributed by atoms with Gasteiger partial charge in [0.25, 0.3) is 5.56 Å². The number of halogens is 1. The molecule has 2 N–H and O–H groups in total. The van der Waals surface area contributed by atoms with Gasteiger partial charge in [0.05, 0.1) is 17.3 Å². The fraction of sp³-hybridized carbons (Fsp3) is 0.615. The molecule has 112 valence electrons. The first-order chi connectivity index (χ1) is 9.33. The largest absolute Gasteiger partial charge is 0.381 e. The molecule has 0 atom stereocenters. The molecular weight excluding hydrogens is 280 g/mol. The molecule has 1 heterocycles. The summed E-state index contributed by atoms with van der Waals surface area (Å²) in [6.45, 7) is 6.45. The number of anilines is 1. The van der Waals surface area contributed by atoms with Gasteiger partial charge in [0.2, 0.25) is 5.91 Å². The Balaban J connectivity index is 2.87. The number of nitrogens with one attached hydrogen (secondary N) is 2. The maximum Gasteiger partial charge on any atom is 0.287 e. The van der Waals surface area contributed by atoms with Gasteiger partial charge in [0.1, 0.15) is 5.02 Å². The van der Waals surface area contributed by atoms with E-state index in [1.807, 2.05) is 6.92 Å². The van der Waals surface area contributed by atoms with Crippen molar-refractivity contribution in [3.05, 3.63) is 21.6 Å². The normalized spacial score (nSPS) is 11.2. The number of aromatic nitrogens is 2. The Morgan fingerprint density at radius 1 is 1.50 bits per heavy atom. The third-order valence-electron chi connectivity index (χ3n) is 2.98. The quantitative estimate of drug-likeness (QED) is 0.834. The lowest BCUT2D eigenvalue weighted by Crippen LogP contribution is -2.39. The van der Waals surface area contributed by atoms with E-state index < -0.39 is 5.41 Å². The first kappa shape index (κ1) is 16.5. The minimum atomic E-state index is -0.615. The first-order valence-corrected chi connectivity index (χ1v) is 6.93. The van der Waals surface area contributed by atoms with E-state index in [-0.39, 0.29) is 16.5 Å².